The van der Waals surface area contributed by atoms with Crippen LogP contribution >= 0.6 is 0 Å². The molecule has 1 heterocycles. The Hall–Kier alpha value is -3.48. The van der Waals surface area contributed by atoms with Gasteiger partial charge in [-0.15, -0.1) is 6.58 Å². The van der Waals surface area contributed by atoms with Gasteiger partial charge in [-0.25, -0.2) is 0 Å². The van der Waals surface area contributed by atoms with Gasteiger partial charge in [0.25, 0.3) is 5.91 Å². The predicted octanol–water partition coefficient (Wildman–Crippen LogP) is 3.89. The molecule has 7 heteroatoms. The molecular weight excluding hydrogens is 384 g/mol. The van der Waals surface area contributed by atoms with Crippen molar-refractivity contribution in [3.63, 3.8) is 0 Å². The molecule has 1 aliphatic rings. The van der Waals surface area contributed by atoms with Crippen LogP contribution in [0.4, 0.5) is 11.4 Å². The fourth-order valence-corrected chi connectivity index (χ4v) is 3.21. The van der Waals surface area contributed by atoms with E-state index in [4.69, 9.17) is 14.2 Å². The van der Waals surface area contributed by atoms with Gasteiger partial charge in [-0.1, -0.05) is 6.08 Å². The first-order chi connectivity index (χ1) is 14.3. The average Bonchev–Trinajstić information content (AvgIpc) is 2.83. The van der Waals surface area contributed by atoms with Gasteiger partial charge in [0.15, 0.2) is 11.5 Å². The fourth-order valence-electron chi connectivity index (χ4n) is 3.21. The minimum Gasteiger partial charge on any atom is -0.493 e. The molecule has 158 valence electrons. The first-order valence-corrected chi connectivity index (χ1v) is 9.54. The topological polar surface area (TPSA) is 77.1 Å². The maximum absolute atomic E-state index is 13.0. The Balaban J connectivity index is 1.91. The highest BCUT2D eigenvalue weighted by atomic mass is 16.5. The number of anilines is 2. The molecule has 0 atom stereocenters. The highest BCUT2D eigenvalue weighted by Crippen LogP contribution is 2.38. The van der Waals surface area contributed by atoms with E-state index in [1.807, 2.05) is 13.8 Å². The largest absolute Gasteiger partial charge is 0.493 e. The van der Waals surface area contributed by atoms with Crippen LogP contribution in [0.25, 0.3) is 0 Å². The quantitative estimate of drug-likeness (QED) is 0.731. The summed E-state index contributed by atoms with van der Waals surface area (Å²) in [5, 5.41) is 2.86. The van der Waals surface area contributed by atoms with Crippen molar-refractivity contribution < 1.29 is 23.8 Å². The van der Waals surface area contributed by atoms with Gasteiger partial charge in [-0.3, -0.25) is 9.59 Å². The number of rotatable bonds is 6. The van der Waals surface area contributed by atoms with Crippen molar-refractivity contribution in [3.05, 3.63) is 54.6 Å². The number of methoxy groups -OCH3 is 2. The molecule has 2 aromatic carbocycles. The fraction of sp³-hybridized carbons (Fsp3) is 0.304. The van der Waals surface area contributed by atoms with E-state index in [0.29, 0.717) is 40.7 Å². The molecule has 0 radical (unpaired) electrons. The average molecular weight is 410 g/mol. The highest BCUT2D eigenvalue weighted by molar-refractivity contribution is 6.06. The number of benzene rings is 2. The third-order valence-corrected chi connectivity index (χ3v) is 4.88. The second-order valence-electron chi connectivity index (χ2n) is 7.58. The Morgan fingerprint density at radius 1 is 1.20 bits per heavy atom. The minimum atomic E-state index is -0.676. The Labute approximate surface area is 176 Å². The lowest BCUT2D eigenvalue weighted by atomic mass is 9.93. The van der Waals surface area contributed by atoms with Crippen LogP contribution in [0.15, 0.2) is 49.1 Å². The van der Waals surface area contributed by atoms with E-state index in [0.717, 1.165) is 0 Å². The van der Waals surface area contributed by atoms with Gasteiger partial charge in [-0.05, 0) is 50.2 Å². The van der Waals surface area contributed by atoms with Crippen molar-refractivity contribution in [1.29, 1.82) is 0 Å². The molecular formula is C23H26N2O5. The molecule has 0 saturated carbocycles. The van der Waals surface area contributed by atoms with Gasteiger partial charge in [-0.2, -0.15) is 0 Å². The highest BCUT2D eigenvalue weighted by Gasteiger charge is 2.37. The molecule has 0 fully saturated rings. The number of nitrogens with one attached hydrogen (secondary N) is 1. The molecule has 1 aliphatic heterocycles. The molecule has 30 heavy (non-hydrogen) atoms. The van der Waals surface area contributed by atoms with Gasteiger partial charge < -0.3 is 24.4 Å². The SMILES string of the molecule is C=CCN1C(=O)C(C)(C)COc2ccc(NC(=O)c3ccc(OC)c(OC)c3)cc21. The van der Waals surface area contributed by atoms with Crippen LogP contribution in [0.2, 0.25) is 0 Å². The summed E-state index contributed by atoms with van der Waals surface area (Å²) in [5.41, 5.74) is 0.874. The molecule has 2 amide bonds. The molecule has 0 aromatic heterocycles. The maximum atomic E-state index is 13.0. The zero-order valence-corrected chi connectivity index (χ0v) is 17.7. The Kier molecular flexibility index (Phi) is 6.01. The maximum Gasteiger partial charge on any atom is 0.255 e. The number of carbonyl (C=O) groups is 2. The Morgan fingerprint density at radius 3 is 2.60 bits per heavy atom. The summed E-state index contributed by atoms with van der Waals surface area (Å²) in [5.74, 6) is 1.21. The van der Waals surface area contributed by atoms with Crippen molar-refractivity contribution in [2.45, 2.75) is 13.8 Å². The molecule has 0 spiro atoms. The third-order valence-electron chi connectivity index (χ3n) is 4.88. The standard InChI is InChI=1S/C23H26N2O5/c1-6-11-25-17-13-16(8-10-18(17)30-14-23(2,3)22(25)27)24-21(26)15-7-9-19(28-4)20(12-15)29-5/h6-10,12-13H,1,11,14H2,2-5H3,(H,24,26). The van der Waals surface area contributed by atoms with Crippen molar-refractivity contribution in [2.24, 2.45) is 5.41 Å². The van der Waals surface area contributed by atoms with Crippen LogP contribution in [0, 0.1) is 5.41 Å². The summed E-state index contributed by atoms with van der Waals surface area (Å²) in [6.07, 6.45) is 1.66. The van der Waals surface area contributed by atoms with E-state index in [1.54, 1.807) is 47.4 Å². The van der Waals surface area contributed by atoms with Crippen LogP contribution in [0.5, 0.6) is 17.2 Å². The molecule has 0 bridgehead atoms. The summed E-state index contributed by atoms with van der Waals surface area (Å²) >= 11 is 0. The van der Waals surface area contributed by atoms with Crippen molar-refractivity contribution in [3.8, 4) is 17.2 Å². The van der Waals surface area contributed by atoms with E-state index >= 15 is 0 Å². The van der Waals surface area contributed by atoms with Crippen LogP contribution in [0.3, 0.4) is 0 Å². The predicted molar refractivity (Wildman–Crippen MR) is 116 cm³/mol. The molecule has 0 saturated heterocycles. The van der Waals surface area contributed by atoms with Crippen molar-refractivity contribution in [1.82, 2.24) is 0 Å². The van der Waals surface area contributed by atoms with E-state index in [1.165, 1.54) is 14.2 Å². The molecule has 2 aromatic rings. The lowest BCUT2D eigenvalue weighted by Gasteiger charge is -2.27. The number of hydrogen-bond donors (Lipinski definition) is 1. The summed E-state index contributed by atoms with van der Waals surface area (Å²) in [7, 11) is 3.05. The first-order valence-electron chi connectivity index (χ1n) is 9.54. The second-order valence-corrected chi connectivity index (χ2v) is 7.58. The van der Waals surface area contributed by atoms with Gasteiger partial charge >= 0.3 is 0 Å². The third kappa shape index (κ3) is 4.10. The van der Waals surface area contributed by atoms with Crippen LogP contribution in [0.1, 0.15) is 24.2 Å². The summed E-state index contributed by atoms with van der Waals surface area (Å²) in [6.45, 7) is 8.05. The zero-order valence-electron chi connectivity index (χ0n) is 17.7. The Bertz CT molecular complexity index is 984. The second kappa shape index (κ2) is 8.49. The van der Waals surface area contributed by atoms with Gasteiger partial charge in [0.05, 0.1) is 25.3 Å². The molecule has 0 unspecified atom stereocenters. The van der Waals surface area contributed by atoms with Crippen LogP contribution in [-0.4, -0.2) is 39.2 Å². The van der Waals surface area contributed by atoms with E-state index in [2.05, 4.69) is 11.9 Å². The van der Waals surface area contributed by atoms with Gasteiger partial charge in [0.1, 0.15) is 12.4 Å². The lowest BCUT2D eigenvalue weighted by molar-refractivity contribution is -0.127. The number of ether oxygens (including phenoxy) is 3. The van der Waals surface area contributed by atoms with E-state index in [9.17, 15) is 9.59 Å². The molecule has 7 nitrogen and oxygen atoms in total. The molecule has 3 rings (SSSR count). The summed E-state index contributed by atoms with van der Waals surface area (Å²) in [6, 6.07) is 10.2. The smallest absolute Gasteiger partial charge is 0.255 e. The number of carbonyl (C=O) groups excluding carboxylic acids is 2. The van der Waals surface area contributed by atoms with E-state index < -0.39 is 5.41 Å². The molecule has 1 N–H and O–H groups in total. The zero-order chi connectivity index (χ0) is 21.9. The van der Waals surface area contributed by atoms with Crippen LogP contribution in [-0.2, 0) is 4.79 Å². The Morgan fingerprint density at radius 2 is 1.93 bits per heavy atom. The monoisotopic (exact) mass is 410 g/mol. The lowest BCUT2D eigenvalue weighted by Crippen LogP contribution is -2.42. The normalized spacial score (nSPS) is 14.8. The minimum absolute atomic E-state index is 0.0653. The number of nitrogens with zero attached hydrogens (tertiary/aromatic N) is 1. The molecule has 0 aliphatic carbocycles. The summed E-state index contributed by atoms with van der Waals surface area (Å²) in [4.78, 5) is 27.4. The van der Waals surface area contributed by atoms with E-state index in [-0.39, 0.29) is 18.4 Å². The number of amides is 2. The van der Waals surface area contributed by atoms with Crippen molar-refractivity contribution in [2.75, 3.05) is 37.6 Å². The summed E-state index contributed by atoms with van der Waals surface area (Å²) < 4.78 is 16.3. The first kappa shape index (κ1) is 21.2. The van der Waals surface area contributed by atoms with Gasteiger partial charge in [0, 0.05) is 17.8 Å². The van der Waals surface area contributed by atoms with Gasteiger partial charge in [0.2, 0.25) is 5.91 Å². The number of fused-ring (bicyclic) bond motifs is 1. The number of hydrogen-bond acceptors (Lipinski definition) is 5. The van der Waals surface area contributed by atoms with Crippen LogP contribution < -0.4 is 24.4 Å². The van der Waals surface area contributed by atoms with Crippen molar-refractivity contribution >= 4 is 23.2 Å².